The van der Waals surface area contributed by atoms with Crippen LogP contribution in [0.1, 0.15) is 17.2 Å². The molecular formula is C22H24N4O2. The van der Waals surface area contributed by atoms with E-state index in [1.807, 2.05) is 24.3 Å². The fraction of sp³-hybridized carbons (Fsp3) is 0.273. The third-order valence-electron chi connectivity index (χ3n) is 4.92. The number of aromatic nitrogens is 2. The van der Waals surface area contributed by atoms with E-state index in [1.54, 1.807) is 25.7 Å². The monoisotopic (exact) mass is 376 g/mol. The van der Waals surface area contributed by atoms with Crippen LogP contribution in [-0.2, 0) is 6.54 Å². The van der Waals surface area contributed by atoms with Gasteiger partial charge >= 0.3 is 0 Å². The van der Waals surface area contributed by atoms with Crippen LogP contribution in [0.5, 0.6) is 17.4 Å². The number of para-hydroxylation sites is 1. The molecule has 1 fully saturated rings. The predicted molar refractivity (Wildman–Crippen MR) is 108 cm³/mol. The topological polar surface area (TPSA) is 59.5 Å². The van der Waals surface area contributed by atoms with Gasteiger partial charge in [-0.3, -0.25) is 9.88 Å². The van der Waals surface area contributed by atoms with Crippen molar-refractivity contribution in [1.82, 2.24) is 20.2 Å². The van der Waals surface area contributed by atoms with Gasteiger partial charge < -0.3 is 14.8 Å². The van der Waals surface area contributed by atoms with E-state index in [0.29, 0.717) is 5.88 Å². The van der Waals surface area contributed by atoms with Crippen LogP contribution in [0.2, 0.25) is 0 Å². The Morgan fingerprint density at radius 1 is 1.11 bits per heavy atom. The smallest absolute Gasteiger partial charge is 0.237 e. The van der Waals surface area contributed by atoms with Crippen molar-refractivity contribution in [2.24, 2.45) is 0 Å². The van der Waals surface area contributed by atoms with Crippen LogP contribution in [0.25, 0.3) is 0 Å². The van der Waals surface area contributed by atoms with Crippen LogP contribution in [0, 0.1) is 0 Å². The quantitative estimate of drug-likeness (QED) is 0.711. The first-order valence-corrected chi connectivity index (χ1v) is 9.44. The third-order valence-corrected chi connectivity index (χ3v) is 4.92. The third kappa shape index (κ3) is 4.30. The molecule has 2 heterocycles. The largest absolute Gasteiger partial charge is 0.496 e. The van der Waals surface area contributed by atoms with E-state index in [0.717, 1.165) is 37.7 Å². The zero-order chi connectivity index (χ0) is 19.2. The molecule has 144 valence electrons. The summed E-state index contributed by atoms with van der Waals surface area (Å²) in [6.07, 6.45) is 4.85. The Morgan fingerprint density at radius 3 is 2.75 bits per heavy atom. The Bertz CT molecular complexity index is 887. The molecule has 28 heavy (non-hydrogen) atoms. The van der Waals surface area contributed by atoms with E-state index in [-0.39, 0.29) is 6.04 Å². The van der Waals surface area contributed by atoms with Crippen molar-refractivity contribution in [2.45, 2.75) is 12.6 Å². The fourth-order valence-corrected chi connectivity index (χ4v) is 3.54. The van der Waals surface area contributed by atoms with Crippen molar-refractivity contribution >= 4 is 0 Å². The summed E-state index contributed by atoms with van der Waals surface area (Å²) in [7, 11) is 1.73. The number of hydrogen-bond acceptors (Lipinski definition) is 6. The molecule has 6 nitrogen and oxygen atoms in total. The van der Waals surface area contributed by atoms with E-state index < -0.39 is 0 Å². The summed E-state index contributed by atoms with van der Waals surface area (Å²) in [5, 5.41) is 3.51. The average Bonchev–Trinajstić information content (AvgIpc) is 2.76. The summed E-state index contributed by atoms with van der Waals surface area (Å²) in [4.78, 5) is 10.6. The van der Waals surface area contributed by atoms with Crippen molar-refractivity contribution in [3.63, 3.8) is 0 Å². The predicted octanol–water partition coefficient (Wildman–Crippen LogP) is 3.42. The second-order valence-electron chi connectivity index (χ2n) is 6.72. The Morgan fingerprint density at radius 2 is 1.96 bits per heavy atom. The Balaban J connectivity index is 1.47. The van der Waals surface area contributed by atoms with Crippen molar-refractivity contribution in [2.75, 3.05) is 26.7 Å². The lowest BCUT2D eigenvalue weighted by Gasteiger charge is -2.37. The number of hydrogen-bond donors (Lipinski definition) is 1. The van der Waals surface area contributed by atoms with Crippen molar-refractivity contribution in [3.05, 3.63) is 78.2 Å². The van der Waals surface area contributed by atoms with Gasteiger partial charge in [-0.1, -0.05) is 30.3 Å². The second-order valence-corrected chi connectivity index (χ2v) is 6.72. The highest BCUT2D eigenvalue weighted by Crippen LogP contribution is 2.31. The van der Waals surface area contributed by atoms with Gasteiger partial charge in [0.2, 0.25) is 5.88 Å². The van der Waals surface area contributed by atoms with Gasteiger partial charge in [0, 0.05) is 44.1 Å². The van der Waals surface area contributed by atoms with Gasteiger partial charge in [-0.2, -0.15) is 0 Å². The number of nitrogens with one attached hydrogen (secondary N) is 1. The molecule has 0 aliphatic carbocycles. The number of rotatable bonds is 6. The molecule has 1 atom stereocenters. The Labute approximate surface area is 165 Å². The minimum Gasteiger partial charge on any atom is -0.496 e. The lowest BCUT2D eigenvalue weighted by Crippen LogP contribution is -2.45. The van der Waals surface area contributed by atoms with Crippen LogP contribution in [0.4, 0.5) is 0 Å². The molecule has 0 bridgehead atoms. The summed E-state index contributed by atoms with van der Waals surface area (Å²) in [6, 6.07) is 16.7. The molecule has 1 N–H and O–H groups in total. The Kier molecular flexibility index (Phi) is 5.80. The van der Waals surface area contributed by atoms with Crippen LogP contribution in [-0.4, -0.2) is 41.6 Å². The molecule has 0 amide bonds. The molecule has 6 heteroatoms. The lowest BCUT2D eigenvalue weighted by atomic mass is 10.0. The van der Waals surface area contributed by atoms with Gasteiger partial charge in [0.1, 0.15) is 11.5 Å². The van der Waals surface area contributed by atoms with E-state index >= 15 is 0 Å². The van der Waals surface area contributed by atoms with Crippen LogP contribution in [0.15, 0.2) is 67.1 Å². The average molecular weight is 376 g/mol. The van der Waals surface area contributed by atoms with Crippen molar-refractivity contribution < 1.29 is 9.47 Å². The lowest BCUT2D eigenvalue weighted by molar-refractivity contribution is 0.151. The molecular weight excluding hydrogens is 352 g/mol. The molecule has 2 aromatic carbocycles. The zero-order valence-electron chi connectivity index (χ0n) is 15.9. The van der Waals surface area contributed by atoms with E-state index in [9.17, 15) is 0 Å². The second kappa shape index (κ2) is 8.82. The molecule has 1 unspecified atom stereocenters. The molecule has 0 spiro atoms. The minimum atomic E-state index is 0.278. The highest BCUT2D eigenvalue weighted by atomic mass is 16.5. The fourth-order valence-electron chi connectivity index (χ4n) is 3.54. The van der Waals surface area contributed by atoms with Gasteiger partial charge in [-0.05, 0) is 23.8 Å². The number of piperazine rings is 1. The van der Waals surface area contributed by atoms with E-state index in [4.69, 9.17) is 9.47 Å². The molecule has 1 aliphatic heterocycles. The Hall–Kier alpha value is -2.96. The maximum atomic E-state index is 5.73. The summed E-state index contributed by atoms with van der Waals surface area (Å²) < 4.78 is 11.3. The molecule has 1 aliphatic rings. The summed E-state index contributed by atoms with van der Waals surface area (Å²) >= 11 is 0. The van der Waals surface area contributed by atoms with Crippen molar-refractivity contribution in [1.29, 1.82) is 0 Å². The zero-order valence-corrected chi connectivity index (χ0v) is 15.9. The minimum absolute atomic E-state index is 0.278. The maximum absolute atomic E-state index is 5.73. The van der Waals surface area contributed by atoms with Gasteiger partial charge in [0.05, 0.1) is 19.3 Å². The molecule has 0 radical (unpaired) electrons. The van der Waals surface area contributed by atoms with Crippen molar-refractivity contribution in [3.8, 4) is 17.4 Å². The number of benzene rings is 2. The highest BCUT2D eigenvalue weighted by Gasteiger charge is 2.26. The molecule has 4 rings (SSSR count). The molecule has 1 aromatic heterocycles. The highest BCUT2D eigenvalue weighted by molar-refractivity contribution is 5.37. The van der Waals surface area contributed by atoms with Crippen LogP contribution < -0.4 is 14.8 Å². The molecule has 3 aromatic rings. The summed E-state index contributed by atoms with van der Waals surface area (Å²) in [6.45, 7) is 3.75. The van der Waals surface area contributed by atoms with Gasteiger partial charge in [0.15, 0.2) is 0 Å². The summed E-state index contributed by atoms with van der Waals surface area (Å²) in [5.41, 5.74) is 2.47. The van der Waals surface area contributed by atoms with E-state index in [2.05, 4.69) is 44.5 Å². The van der Waals surface area contributed by atoms with Gasteiger partial charge in [-0.15, -0.1) is 0 Å². The first kappa shape index (κ1) is 18.4. The number of nitrogens with zero attached hydrogens (tertiary/aromatic N) is 3. The summed E-state index contributed by atoms with van der Waals surface area (Å²) in [5.74, 6) is 2.19. The first-order valence-electron chi connectivity index (χ1n) is 9.44. The normalized spacial score (nSPS) is 17.2. The first-order chi connectivity index (χ1) is 13.8. The van der Waals surface area contributed by atoms with Gasteiger partial charge in [-0.25, -0.2) is 4.98 Å². The van der Waals surface area contributed by atoms with Crippen LogP contribution in [0.3, 0.4) is 0 Å². The molecule has 1 saturated heterocycles. The van der Waals surface area contributed by atoms with E-state index in [1.165, 1.54) is 11.1 Å². The molecule has 0 saturated carbocycles. The SMILES string of the molecule is COc1ccccc1C1CNCCN1Cc1ccc(Oc2cnccn2)cc1. The number of methoxy groups -OCH3 is 1. The maximum Gasteiger partial charge on any atom is 0.237 e. The number of ether oxygens (including phenoxy) is 2. The van der Waals surface area contributed by atoms with Crippen LogP contribution >= 0.6 is 0 Å². The van der Waals surface area contributed by atoms with Gasteiger partial charge in [0.25, 0.3) is 0 Å². The standard InChI is InChI=1S/C22H24N4O2/c1-27-21-5-3-2-4-19(21)20-14-24-12-13-26(20)16-17-6-8-18(9-7-17)28-22-15-23-10-11-25-22/h2-11,15,20,24H,12-14,16H2,1H3.